The van der Waals surface area contributed by atoms with Gasteiger partial charge in [0.25, 0.3) is 0 Å². The topological polar surface area (TPSA) is 29.1 Å². The molecule has 0 aliphatic heterocycles. The first-order valence-corrected chi connectivity index (χ1v) is 7.77. The number of alkyl halides is 1. The number of carbonyl (C=O) groups excluding carboxylic acids is 1. The predicted octanol–water partition coefficient (Wildman–Crippen LogP) is 3.64. The van der Waals surface area contributed by atoms with Crippen molar-refractivity contribution in [1.82, 2.24) is 5.32 Å². The zero-order valence-corrected chi connectivity index (χ0v) is 11.7. The van der Waals surface area contributed by atoms with Crippen molar-refractivity contribution in [3.63, 3.8) is 0 Å². The van der Waals surface area contributed by atoms with E-state index in [2.05, 4.69) is 21.2 Å². The second-order valence-electron chi connectivity index (χ2n) is 4.81. The Hall–Kier alpha value is -0.0500. The lowest BCUT2D eigenvalue weighted by Gasteiger charge is -2.20. The molecule has 0 atom stereocenters. The van der Waals surface area contributed by atoms with Crippen molar-refractivity contribution < 1.29 is 4.79 Å². The van der Waals surface area contributed by atoms with Crippen molar-refractivity contribution >= 4 is 21.8 Å². The third-order valence-corrected chi connectivity index (χ3v) is 3.89. The molecule has 1 fully saturated rings. The van der Waals surface area contributed by atoms with Crippen molar-refractivity contribution in [3.8, 4) is 0 Å². The molecule has 0 unspecified atom stereocenters. The lowest BCUT2D eigenvalue weighted by Crippen LogP contribution is -2.27. The van der Waals surface area contributed by atoms with Gasteiger partial charge in [-0.3, -0.25) is 4.79 Å². The molecule has 0 aromatic carbocycles. The quantitative estimate of drug-likeness (QED) is 0.563. The van der Waals surface area contributed by atoms with Gasteiger partial charge in [0.1, 0.15) is 0 Å². The molecule has 3 heteroatoms. The Morgan fingerprint density at radius 3 is 2.56 bits per heavy atom. The van der Waals surface area contributed by atoms with Gasteiger partial charge in [-0.1, -0.05) is 41.6 Å². The first-order chi connectivity index (χ1) is 7.83. The van der Waals surface area contributed by atoms with Gasteiger partial charge in [-0.15, -0.1) is 0 Å². The maximum Gasteiger partial charge on any atom is 0.220 e. The zero-order valence-electron chi connectivity index (χ0n) is 10.1. The molecular weight excluding hydrogens is 266 g/mol. The molecule has 94 valence electrons. The summed E-state index contributed by atoms with van der Waals surface area (Å²) in [6, 6.07) is 0. The Balaban J connectivity index is 1.97. The van der Waals surface area contributed by atoms with Gasteiger partial charge in [-0.05, 0) is 31.6 Å². The van der Waals surface area contributed by atoms with Gasteiger partial charge in [0, 0.05) is 18.3 Å². The molecule has 16 heavy (non-hydrogen) atoms. The standard InChI is InChI=1S/C13H24BrNO/c14-9-5-2-6-10-15-13(16)11-12-7-3-1-4-8-12/h12H,1-11H2,(H,15,16). The van der Waals surface area contributed by atoms with Gasteiger partial charge in [-0.25, -0.2) is 0 Å². The van der Waals surface area contributed by atoms with Crippen LogP contribution >= 0.6 is 15.9 Å². The minimum Gasteiger partial charge on any atom is -0.356 e. The van der Waals surface area contributed by atoms with Crippen LogP contribution in [0.25, 0.3) is 0 Å². The molecule has 0 saturated heterocycles. The summed E-state index contributed by atoms with van der Waals surface area (Å²) in [6.07, 6.45) is 10.8. The monoisotopic (exact) mass is 289 g/mol. The van der Waals surface area contributed by atoms with Crippen LogP contribution in [0, 0.1) is 5.92 Å². The first-order valence-electron chi connectivity index (χ1n) is 6.65. The average Bonchev–Trinajstić information content (AvgIpc) is 2.30. The number of nitrogens with one attached hydrogen (secondary N) is 1. The molecule has 1 amide bonds. The Morgan fingerprint density at radius 2 is 1.88 bits per heavy atom. The predicted molar refractivity (Wildman–Crippen MR) is 71.8 cm³/mol. The molecule has 1 aliphatic rings. The highest BCUT2D eigenvalue weighted by Gasteiger charge is 2.16. The van der Waals surface area contributed by atoms with Gasteiger partial charge in [0.2, 0.25) is 5.91 Å². The number of hydrogen-bond acceptors (Lipinski definition) is 1. The summed E-state index contributed by atoms with van der Waals surface area (Å²) in [5.74, 6) is 0.932. The molecule has 0 aromatic rings. The summed E-state index contributed by atoms with van der Waals surface area (Å²) < 4.78 is 0. The van der Waals surface area contributed by atoms with E-state index >= 15 is 0 Å². The summed E-state index contributed by atoms with van der Waals surface area (Å²) in [6.45, 7) is 0.860. The van der Waals surface area contributed by atoms with Gasteiger partial charge in [0.05, 0.1) is 0 Å². The van der Waals surface area contributed by atoms with E-state index in [9.17, 15) is 4.79 Å². The Kier molecular flexibility index (Phi) is 7.91. The van der Waals surface area contributed by atoms with Crippen LogP contribution in [0.2, 0.25) is 0 Å². The molecule has 0 spiro atoms. The van der Waals surface area contributed by atoms with Crippen molar-refractivity contribution in [1.29, 1.82) is 0 Å². The highest BCUT2D eigenvalue weighted by atomic mass is 79.9. The third kappa shape index (κ3) is 6.51. The van der Waals surface area contributed by atoms with Crippen LogP contribution in [0.5, 0.6) is 0 Å². The van der Waals surface area contributed by atoms with E-state index in [-0.39, 0.29) is 5.91 Å². The largest absolute Gasteiger partial charge is 0.356 e. The normalized spacial score (nSPS) is 17.3. The second kappa shape index (κ2) is 9.03. The molecule has 1 N–H and O–H groups in total. The van der Waals surface area contributed by atoms with Gasteiger partial charge in [-0.2, -0.15) is 0 Å². The number of rotatable bonds is 7. The highest BCUT2D eigenvalue weighted by molar-refractivity contribution is 9.09. The molecule has 2 nitrogen and oxygen atoms in total. The highest BCUT2D eigenvalue weighted by Crippen LogP contribution is 2.25. The number of hydrogen-bond donors (Lipinski definition) is 1. The SMILES string of the molecule is O=C(CC1CCCCC1)NCCCCCBr. The van der Waals surface area contributed by atoms with Crippen LogP contribution in [0.3, 0.4) is 0 Å². The molecule has 1 saturated carbocycles. The van der Waals surface area contributed by atoms with Gasteiger partial charge >= 0.3 is 0 Å². The Bertz CT molecular complexity index is 190. The van der Waals surface area contributed by atoms with Crippen molar-refractivity contribution in [2.75, 3.05) is 11.9 Å². The van der Waals surface area contributed by atoms with E-state index in [4.69, 9.17) is 0 Å². The minimum atomic E-state index is 0.269. The van der Waals surface area contributed by atoms with E-state index < -0.39 is 0 Å². The van der Waals surface area contributed by atoms with Crippen LogP contribution in [-0.2, 0) is 4.79 Å². The van der Waals surface area contributed by atoms with E-state index in [1.165, 1.54) is 44.9 Å². The molecule has 1 rings (SSSR count). The summed E-state index contributed by atoms with van der Waals surface area (Å²) in [5.41, 5.74) is 0. The smallest absolute Gasteiger partial charge is 0.220 e. The zero-order chi connectivity index (χ0) is 11.6. The van der Waals surface area contributed by atoms with Crippen molar-refractivity contribution in [2.45, 2.75) is 57.8 Å². The number of unbranched alkanes of at least 4 members (excludes halogenated alkanes) is 2. The third-order valence-electron chi connectivity index (χ3n) is 3.33. The summed E-state index contributed by atoms with van der Waals surface area (Å²) in [5, 5.41) is 4.11. The Labute approximate surface area is 108 Å². The maximum atomic E-state index is 11.6. The van der Waals surface area contributed by atoms with Crippen LogP contribution in [-0.4, -0.2) is 17.8 Å². The fourth-order valence-electron chi connectivity index (χ4n) is 2.35. The van der Waals surface area contributed by atoms with Crippen LogP contribution in [0.15, 0.2) is 0 Å². The lowest BCUT2D eigenvalue weighted by molar-refractivity contribution is -0.122. The fraction of sp³-hybridized carbons (Fsp3) is 0.923. The second-order valence-corrected chi connectivity index (χ2v) is 5.60. The number of carbonyl (C=O) groups is 1. The van der Waals surface area contributed by atoms with Crippen LogP contribution < -0.4 is 5.32 Å². The fourth-order valence-corrected chi connectivity index (χ4v) is 2.75. The molecule has 0 bridgehead atoms. The summed E-state index contributed by atoms with van der Waals surface area (Å²) in [7, 11) is 0. The number of amides is 1. The molecule has 1 aliphatic carbocycles. The van der Waals surface area contributed by atoms with Gasteiger partial charge < -0.3 is 5.32 Å². The lowest BCUT2D eigenvalue weighted by atomic mass is 9.87. The van der Waals surface area contributed by atoms with Gasteiger partial charge in [0.15, 0.2) is 0 Å². The number of halogens is 1. The summed E-state index contributed by atoms with van der Waals surface area (Å²) >= 11 is 3.41. The maximum absolute atomic E-state index is 11.6. The van der Waals surface area contributed by atoms with Crippen LogP contribution in [0.1, 0.15) is 57.8 Å². The average molecular weight is 290 g/mol. The Morgan fingerprint density at radius 1 is 1.12 bits per heavy atom. The minimum absolute atomic E-state index is 0.269. The van der Waals surface area contributed by atoms with Crippen LogP contribution in [0.4, 0.5) is 0 Å². The van der Waals surface area contributed by atoms with E-state index in [0.29, 0.717) is 5.92 Å². The van der Waals surface area contributed by atoms with E-state index in [1.54, 1.807) is 0 Å². The summed E-state index contributed by atoms with van der Waals surface area (Å²) in [4.78, 5) is 11.6. The van der Waals surface area contributed by atoms with Crippen molar-refractivity contribution in [2.24, 2.45) is 5.92 Å². The van der Waals surface area contributed by atoms with Crippen molar-refractivity contribution in [3.05, 3.63) is 0 Å². The molecule has 0 aromatic heterocycles. The van der Waals surface area contributed by atoms with E-state index in [1.807, 2.05) is 0 Å². The first kappa shape index (κ1) is 14.0. The molecule has 0 radical (unpaired) electrons. The molecular formula is C13H24BrNO. The molecule has 0 heterocycles. The van der Waals surface area contributed by atoms with E-state index in [0.717, 1.165) is 24.7 Å².